The molecule has 0 heterocycles. The monoisotopic (exact) mass is 312 g/mol. The summed E-state index contributed by atoms with van der Waals surface area (Å²) in [7, 11) is -1.38. The Morgan fingerprint density at radius 3 is 2.43 bits per heavy atom. The molecule has 0 amide bonds. The van der Waals surface area contributed by atoms with Crippen molar-refractivity contribution >= 4 is 10.0 Å². The van der Waals surface area contributed by atoms with Crippen LogP contribution in [0.15, 0.2) is 24.3 Å². The Hall–Kier alpha value is -1.11. The summed E-state index contributed by atoms with van der Waals surface area (Å²) in [6.07, 6.45) is 4.29. The first-order valence-electron chi connectivity index (χ1n) is 7.30. The van der Waals surface area contributed by atoms with E-state index in [-0.39, 0.29) is 0 Å². The molecule has 2 N–H and O–H groups in total. The summed E-state index contributed by atoms with van der Waals surface area (Å²) in [6, 6.07) is 8.83. The van der Waals surface area contributed by atoms with Crippen LogP contribution >= 0.6 is 0 Å². The third-order valence-corrected chi connectivity index (χ3v) is 4.60. The third kappa shape index (κ3) is 5.30. The lowest BCUT2D eigenvalue weighted by Crippen LogP contribution is -2.41. The first-order chi connectivity index (χ1) is 9.98. The number of hydrogen-bond acceptors (Lipinski definition) is 4. The first kappa shape index (κ1) is 16.3. The Kier molecular flexibility index (Phi) is 5.61. The van der Waals surface area contributed by atoms with Crippen LogP contribution in [-0.2, 0) is 10.0 Å². The minimum absolute atomic E-state index is 0.500. The number of benzene rings is 1. The van der Waals surface area contributed by atoms with Crippen molar-refractivity contribution in [3.63, 3.8) is 0 Å². The average Bonchev–Trinajstić information content (AvgIpc) is 2.39. The Labute approximate surface area is 127 Å². The van der Waals surface area contributed by atoms with E-state index >= 15 is 0 Å². The molecule has 0 saturated heterocycles. The molecule has 0 bridgehead atoms. The van der Waals surface area contributed by atoms with Crippen molar-refractivity contribution in [3.8, 4) is 5.75 Å². The zero-order valence-corrected chi connectivity index (χ0v) is 13.4. The van der Waals surface area contributed by atoms with E-state index in [0.29, 0.717) is 18.5 Å². The van der Waals surface area contributed by atoms with Crippen LogP contribution in [0.5, 0.6) is 5.75 Å². The van der Waals surface area contributed by atoms with Gasteiger partial charge < -0.3 is 10.1 Å². The molecule has 6 heteroatoms. The minimum atomic E-state index is -3.06. The molecular weight excluding hydrogens is 288 g/mol. The number of ether oxygens (including phenoxy) is 1. The van der Waals surface area contributed by atoms with E-state index in [9.17, 15) is 8.42 Å². The van der Waals surface area contributed by atoms with Gasteiger partial charge >= 0.3 is 0 Å². The van der Waals surface area contributed by atoms with E-state index in [0.717, 1.165) is 31.6 Å². The highest BCUT2D eigenvalue weighted by Crippen LogP contribution is 2.37. The summed E-state index contributed by atoms with van der Waals surface area (Å²) in [5, 5.41) is 3.47. The molecule has 21 heavy (non-hydrogen) atoms. The summed E-state index contributed by atoms with van der Waals surface area (Å²) >= 11 is 0. The van der Waals surface area contributed by atoms with Crippen LogP contribution in [0.4, 0.5) is 0 Å². The Morgan fingerprint density at radius 1 is 1.19 bits per heavy atom. The fourth-order valence-corrected chi connectivity index (χ4v) is 3.10. The molecule has 1 saturated carbocycles. The molecule has 1 aliphatic rings. The summed E-state index contributed by atoms with van der Waals surface area (Å²) < 4.78 is 29.5. The predicted octanol–water partition coefficient (Wildman–Crippen LogP) is 1.47. The zero-order valence-electron chi connectivity index (χ0n) is 12.6. The number of rotatable bonds is 8. The van der Waals surface area contributed by atoms with E-state index in [4.69, 9.17) is 4.74 Å². The van der Waals surface area contributed by atoms with Crippen LogP contribution in [-0.4, -0.2) is 40.9 Å². The predicted molar refractivity (Wildman–Crippen MR) is 84.2 cm³/mol. The van der Waals surface area contributed by atoms with E-state index in [1.165, 1.54) is 11.8 Å². The molecule has 2 rings (SSSR count). The molecular formula is C15H24N2O3S. The van der Waals surface area contributed by atoms with Gasteiger partial charge in [0.25, 0.3) is 0 Å². The largest absolute Gasteiger partial charge is 0.497 e. The Morgan fingerprint density at radius 2 is 1.86 bits per heavy atom. The van der Waals surface area contributed by atoms with Crippen LogP contribution in [0.25, 0.3) is 0 Å². The molecule has 1 aromatic carbocycles. The summed E-state index contributed by atoms with van der Waals surface area (Å²) in [5.41, 5.74) is 1.37. The lowest BCUT2D eigenvalue weighted by Gasteiger charge is -2.36. The number of nitrogens with one attached hydrogen (secondary N) is 2. The molecule has 0 radical (unpaired) electrons. The average molecular weight is 312 g/mol. The highest BCUT2D eigenvalue weighted by Gasteiger charge is 2.29. The van der Waals surface area contributed by atoms with E-state index in [1.807, 2.05) is 12.1 Å². The lowest BCUT2D eigenvalue weighted by molar-refractivity contribution is 0.290. The topological polar surface area (TPSA) is 67.4 Å². The molecule has 0 unspecified atom stereocenters. The van der Waals surface area contributed by atoms with Gasteiger partial charge in [-0.3, -0.25) is 0 Å². The highest BCUT2D eigenvalue weighted by molar-refractivity contribution is 7.88. The SMILES string of the molecule is COc1ccc(C2CC(NCCCNS(C)(=O)=O)C2)cc1. The minimum Gasteiger partial charge on any atom is -0.497 e. The number of methoxy groups -OCH3 is 1. The third-order valence-electron chi connectivity index (χ3n) is 3.88. The van der Waals surface area contributed by atoms with Gasteiger partial charge in [0, 0.05) is 12.6 Å². The molecule has 1 fully saturated rings. The Balaban J connectivity index is 1.60. The van der Waals surface area contributed by atoms with E-state index < -0.39 is 10.0 Å². The quantitative estimate of drug-likeness (QED) is 0.713. The van der Waals surface area contributed by atoms with Gasteiger partial charge in [-0.1, -0.05) is 12.1 Å². The van der Waals surface area contributed by atoms with E-state index in [1.54, 1.807) is 7.11 Å². The molecule has 118 valence electrons. The van der Waals surface area contributed by atoms with Gasteiger partial charge in [-0.2, -0.15) is 0 Å². The van der Waals surface area contributed by atoms with Crippen LogP contribution < -0.4 is 14.8 Å². The van der Waals surface area contributed by atoms with Gasteiger partial charge in [-0.25, -0.2) is 13.1 Å². The second kappa shape index (κ2) is 7.24. The van der Waals surface area contributed by atoms with Crippen molar-refractivity contribution in [2.24, 2.45) is 0 Å². The van der Waals surface area contributed by atoms with Crippen LogP contribution in [0.2, 0.25) is 0 Å². The zero-order chi connectivity index (χ0) is 15.3. The molecule has 0 aliphatic heterocycles. The van der Waals surface area contributed by atoms with Crippen molar-refractivity contribution in [3.05, 3.63) is 29.8 Å². The normalized spacial score (nSPS) is 21.8. The van der Waals surface area contributed by atoms with Crippen molar-refractivity contribution < 1.29 is 13.2 Å². The molecule has 0 aromatic heterocycles. The van der Waals surface area contributed by atoms with Gasteiger partial charge in [0.1, 0.15) is 5.75 Å². The molecule has 5 nitrogen and oxygen atoms in total. The Bertz CT molecular complexity index is 537. The second-order valence-electron chi connectivity index (χ2n) is 5.61. The van der Waals surface area contributed by atoms with Crippen LogP contribution in [0.3, 0.4) is 0 Å². The maximum Gasteiger partial charge on any atom is 0.208 e. The fourth-order valence-electron chi connectivity index (χ4n) is 2.58. The highest BCUT2D eigenvalue weighted by atomic mass is 32.2. The van der Waals surface area contributed by atoms with Gasteiger partial charge in [0.2, 0.25) is 10.0 Å². The van der Waals surface area contributed by atoms with Crippen molar-refractivity contribution in [1.82, 2.24) is 10.0 Å². The van der Waals surface area contributed by atoms with Crippen LogP contribution in [0, 0.1) is 0 Å². The summed E-state index contributed by atoms with van der Waals surface area (Å²) in [5.74, 6) is 1.52. The summed E-state index contributed by atoms with van der Waals surface area (Å²) in [4.78, 5) is 0. The lowest BCUT2D eigenvalue weighted by atomic mass is 9.76. The van der Waals surface area contributed by atoms with Gasteiger partial charge in [-0.05, 0) is 49.4 Å². The smallest absolute Gasteiger partial charge is 0.208 e. The molecule has 0 spiro atoms. The van der Waals surface area contributed by atoms with E-state index in [2.05, 4.69) is 22.2 Å². The maximum absolute atomic E-state index is 10.9. The van der Waals surface area contributed by atoms with Gasteiger partial charge in [0.05, 0.1) is 13.4 Å². The first-order valence-corrected chi connectivity index (χ1v) is 9.19. The number of hydrogen-bond donors (Lipinski definition) is 2. The van der Waals surface area contributed by atoms with Crippen molar-refractivity contribution in [1.29, 1.82) is 0 Å². The molecule has 0 atom stereocenters. The second-order valence-corrected chi connectivity index (χ2v) is 7.45. The summed E-state index contributed by atoms with van der Waals surface area (Å²) in [6.45, 7) is 1.35. The standard InChI is InChI=1S/C15H24N2O3S/c1-20-15-6-4-12(5-7-15)13-10-14(11-13)16-8-3-9-17-21(2,18)19/h4-7,13-14,16-17H,3,8-11H2,1-2H3. The van der Waals surface area contributed by atoms with Gasteiger partial charge in [0.15, 0.2) is 0 Å². The molecule has 1 aliphatic carbocycles. The number of sulfonamides is 1. The van der Waals surface area contributed by atoms with Crippen molar-refractivity contribution in [2.75, 3.05) is 26.5 Å². The molecule has 1 aromatic rings. The van der Waals surface area contributed by atoms with Gasteiger partial charge in [-0.15, -0.1) is 0 Å². The fraction of sp³-hybridized carbons (Fsp3) is 0.600. The van der Waals surface area contributed by atoms with Crippen molar-refractivity contribution in [2.45, 2.75) is 31.2 Å². The maximum atomic E-state index is 10.9. The van der Waals surface area contributed by atoms with Crippen LogP contribution in [0.1, 0.15) is 30.7 Å².